The Morgan fingerprint density at radius 3 is 1.32 bits per heavy atom. The zero-order valence-corrected chi connectivity index (χ0v) is 20.0. The maximum atomic E-state index is 6.03. The van der Waals surface area contributed by atoms with Crippen molar-refractivity contribution in [3.8, 4) is 0 Å². The molecule has 0 saturated carbocycles. The van der Waals surface area contributed by atoms with Gasteiger partial charge in [0.1, 0.15) is 24.4 Å². The van der Waals surface area contributed by atoms with E-state index in [2.05, 4.69) is 27.7 Å². The minimum absolute atomic E-state index is 0.0702. The topological polar surface area (TPSA) is 73.8 Å². The molecule has 0 aromatic heterocycles. The molecule has 0 N–H and O–H groups in total. The van der Waals surface area contributed by atoms with Crippen LogP contribution in [-0.2, 0) is 60.2 Å². The molecule has 4 aliphatic heterocycles. The first-order valence-corrected chi connectivity index (χ1v) is 14.5. The highest BCUT2D eigenvalue weighted by atomic mass is 32.5. The standard InChI is InChI=1S/C16H28O8P2S2/c1-15(2)7-19-25(27,20-8-15)23-11-5-17-14-12(6-18-13(11)14)24-26(28)21-9-16(3,4)10-22-26/h11-14H,5-10H2,1-4H3/t11-,12+,13-,14-/m1/s1. The minimum atomic E-state index is -2.80. The third-order valence-electron chi connectivity index (χ3n) is 4.95. The molecule has 4 atom stereocenters. The minimum Gasteiger partial charge on any atom is -0.370 e. The van der Waals surface area contributed by atoms with E-state index >= 15 is 0 Å². The van der Waals surface area contributed by atoms with E-state index in [1.54, 1.807) is 0 Å². The van der Waals surface area contributed by atoms with Crippen LogP contribution in [0.3, 0.4) is 0 Å². The van der Waals surface area contributed by atoms with E-state index < -0.39 is 13.4 Å². The van der Waals surface area contributed by atoms with E-state index in [0.29, 0.717) is 39.6 Å². The largest absolute Gasteiger partial charge is 0.370 e. The maximum Gasteiger partial charge on any atom is 0.327 e. The number of fused-ring (bicyclic) bond motifs is 1. The first kappa shape index (κ1) is 22.2. The number of ether oxygens (including phenoxy) is 2. The Morgan fingerprint density at radius 1 is 0.679 bits per heavy atom. The van der Waals surface area contributed by atoms with Crippen molar-refractivity contribution in [2.45, 2.75) is 52.1 Å². The fraction of sp³-hybridized carbons (Fsp3) is 1.00. The van der Waals surface area contributed by atoms with Gasteiger partial charge in [0.15, 0.2) is 0 Å². The molecule has 4 aliphatic rings. The van der Waals surface area contributed by atoms with Gasteiger partial charge in [0, 0.05) is 10.8 Å². The average Bonchev–Trinajstić information content (AvgIpc) is 3.18. The van der Waals surface area contributed by atoms with Gasteiger partial charge in [0.25, 0.3) is 0 Å². The van der Waals surface area contributed by atoms with Crippen LogP contribution in [0.4, 0.5) is 0 Å². The molecular weight excluding hydrogens is 446 g/mol. The predicted molar refractivity (Wildman–Crippen MR) is 109 cm³/mol. The Bertz CT molecular complexity index is 616. The average molecular weight is 474 g/mol. The highest BCUT2D eigenvalue weighted by molar-refractivity contribution is 8.07. The first-order valence-electron chi connectivity index (χ1n) is 9.37. The lowest BCUT2D eigenvalue weighted by Gasteiger charge is -2.37. The van der Waals surface area contributed by atoms with Crippen LogP contribution in [0, 0.1) is 10.8 Å². The Hall–Kier alpha value is 0.980. The lowest BCUT2D eigenvalue weighted by molar-refractivity contribution is -0.0279. The summed E-state index contributed by atoms with van der Waals surface area (Å²) in [7, 11) is 0. The van der Waals surface area contributed by atoms with E-state index in [1.165, 1.54) is 0 Å². The Labute approximate surface area is 176 Å². The van der Waals surface area contributed by atoms with Crippen molar-refractivity contribution in [1.82, 2.24) is 0 Å². The molecule has 0 spiro atoms. The van der Waals surface area contributed by atoms with Gasteiger partial charge >= 0.3 is 13.4 Å². The monoisotopic (exact) mass is 474 g/mol. The van der Waals surface area contributed by atoms with Crippen LogP contribution in [0.25, 0.3) is 0 Å². The molecule has 8 nitrogen and oxygen atoms in total. The second-order valence-corrected chi connectivity index (χ2v) is 15.1. The quantitative estimate of drug-likeness (QED) is 0.568. The van der Waals surface area contributed by atoms with E-state index in [1.807, 2.05) is 0 Å². The highest BCUT2D eigenvalue weighted by Crippen LogP contribution is 2.59. The summed E-state index contributed by atoms with van der Waals surface area (Å²) in [6.45, 7) is 5.33. The van der Waals surface area contributed by atoms with Crippen LogP contribution in [0.15, 0.2) is 0 Å². The van der Waals surface area contributed by atoms with Crippen LogP contribution in [0.5, 0.6) is 0 Å². The molecule has 4 heterocycles. The molecule has 0 radical (unpaired) electrons. The Morgan fingerprint density at radius 2 is 1.00 bits per heavy atom. The van der Waals surface area contributed by atoms with Crippen molar-refractivity contribution >= 4 is 37.1 Å². The summed E-state index contributed by atoms with van der Waals surface area (Å²) in [6, 6.07) is 0. The molecule has 4 saturated heterocycles. The second kappa shape index (κ2) is 7.84. The fourth-order valence-corrected chi connectivity index (χ4v) is 7.98. The van der Waals surface area contributed by atoms with Gasteiger partial charge in [-0.1, -0.05) is 27.7 Å². The van der Waals surface area contributed by atoms with Gasteiger partial charge in [0.2, 0.25) is 0 Å². The predicted octanol–water partition coefficient (Wildman–Crippen LogP) is 3.15. The van der Waals surface area contributed by atoms with E-state index in [0.717, 1.165) is 0 Å². The van der Waals surface area contributed by atoms with E-state index in [-0.39, 0.29) is 35.2 Å². The van der Waals surface area contributed by atoms with Gasteiger partial charge < -0.3 is 36.6 Å². The summed E-state index contributed by atoms with van der Waals surface area (Å²) in [5, 5.41) is 0. The zero-order chi connectivity index (χ0) is 20.2. The van der Waals surface area contributed by atoms with Crippen LogP contribution in [0.2, 0.25) is 0 Å². The summed E-state index contributed by atoms with van der Waals surface area (Å²) >= 11 is 11.0. The van der Waals surface area contributed by atoms with Gasteiger partial charge in [-0.3, -0.25) is 0 Å². The Balaban J connectivity index is 1.34. The SMILES string of the molecule is CC1(C)COP(=S)(O[C@H]2CO[C@H]3[C@@H]2OC[C@H]3OP2(=S)OCC(C)(C)CO2)OC1. The van der Waals surface area contributed by atoms with Gasteiger partial charge in [-0.25, -0.2) is 0 Å². The molecule has 0 unspecified atom stereocenters. The van der Waals surface area contributed by atoms with E-state index in [9.17, 15) is 0 Å². The Kier molecular flexibility index (Phi) is 6.21. The fourth-order valence-electron chi connectivity index (χ4n) is 3.24. The number of hydrogen-bond acceptors (Lipinski definition) is 10. The molecule has 12 heteroatoms. The lowest BCUT2D eigenvalue weighted by Crippen LogP contribution is -2.36. The summed E-state index contributed by atoms with van der Waals surface area (Å²) in [5.74, 6) is 0. The molecule has 28 heavy (non-hydrogen) atoms. The van der Waals surface area contributed by atoms with Crippen LogP contribution < -0.4 is 0 Å². The van der Waals surface area contributed by atoms with Crippen molar-refractivity contribution in [3.05, 3.63) is 0 Å². The molecule has 162 valence electrons. The summed E-state index contributed by atoms with van der Waals surface area (Å²) in [5.41, 5.74) is -0.140. The van der Waals surface area contributed by atoms with Gasteiger partial charge in [-0.05, 0) is 23.6 Å². The highest BCUT2D eigenvalue weighted by Gasteiger charge is 2.53. The van der Waals surface area contributed by atoms with Gasteiger partial charge in [-0.15, -0.1) is 0 Å². The molecule has 0 bridgehead atoms. The van der Waals surface area contributed by atoms with Crippen molar-refractivity contribution in [3.63, 3.8) is 0 Å². The second-order valence-electron chi connectivity index (χ2n) is 9.20. The van der Waals surface area contributed by atoms with Crippen LogP contribution >= 0.6 is 13.4 Å². The van der Waals surface area contributed by atoms with Crippen molar-refractivity contribution in [2.75, 3.05) is 39.6 Å². The molecule has 0 aromatic rings. The zero-order valence-electron chi connectivity index (χ0n) is 16.5. The van der Waals surface area contributed by atoms with Crippen LogP contribution in [-0.4, -0.2) is 64.1 Å². The first-order chi connectivity index (χ1) is 13.0. The molecule has 4 rings (SSSR count). The van der Waals surface area contributed by atoms with Crippen LogP contribution in [0.1, 0.15) is 27.7 Å². The van der Waals surface area contributed by atoms with Crippen molar-refractivity contribution in [2.24, 2.45) is 10.8 Å². The molecular formula is C16H28O8P2S2. The third kappa shape index (κ3) is 4.90. The summed E-state index contributed by atoms with van der Waals surface area (Å²) < 4.78 is 46.9. The maximum absolute atomic E-state index is 6.03. The van der Waals surface area contributed by atoms with Crippen molar-refractivity contribution in [1.29, 1.82) is 0 Å². The number of rotatable bonds is 4. The van der Waals surface area contributed by atoms with Gasteiger partial charge in [0.05, 0.1) is 39.6 Å². The molecule has 4 fully saturated rings. The summed E-state index contributed by atoms with van der Waals surface area (Å²) in [6.07, 6.45) is -1.35. The lowest BCUT2D eigenvalue weighted by atomic mass is 9.97. The van der Waals surface area contributed by atoms with Crippen molar-refractivity contribution < 1.29 is 36.6 Å². The normalized spacial score (nSPS) is 40.9. The smallest absolute Gasteiger partial charge is 0.327 e. The molecule has 0 aliphatic carbocycles. The third-order valence-corrected chi connectivity index (χ3v) is 9.57. The van der Waals surface area contributed by atoms with E-state index in [4.69, 9.17) is 60.2 Å². The van der Waals surface area contributed by atoms with Gasteiger partial charge in [-0.2, -0.15) is 0 Å². The molecule has 0 amide bonds. The summed E-state index contributed by atoms with van der Waals surface area (Å²) in [4.78, 5) is 0. The molecule has 0 aromatic carbocycles. The number of hydrogen-bond donors (Lipinski definition) is 0.